The molecule has 0 spiro atoms. The maximum absolute atomic E-state index is 9.73. The summed E-state index contributed by atoms with van der Waals surface area (Å²) >= 11 is 0. The van der Waals surface area contributed by atoms with E-state index in [1.807, 2.05) is 18.2 Å². The van der Waals surface area contributed by atoms with Crippen LogP contribution in [-0.2, 0) is 37.9 Å². The summed E-state index contributed by atoms with van der Waals surface area (Å²) in [7, 11) is 0. The Balaban J connectivity index is 1.08. The molecular formula is C115H113BN6. The van der Waals surface area contributed by atoms with Crippen LogP contribution in [0.2, 0.25) is 0 Å². The number of rotatable bonds is 11. The van der Waals surface area contributed by atoms with Gasteiger partial charge >= 0.3 is 0 Å². The molecule has 0 bridgehead atoms. The zero-order valence-electron chi connectivity index (χ0n) is 84.4. The summed E-state index contributed by atoms with van der Waals surface area (Å²) in [6.45, 7) is 46.9. The summed E-state index contributed by atoms with van der Waals surface area (Å²) in [6.07, 6.45) is 0. The minimum atomic E-state index is -0.644. The van der Waals surface area contributed by atoms with Gasteiger partial charge in [0, 0.05) is 72.6 Å². The molecule has 0 N–H and O–H groups in total. The summed E-state index contributed by atoms with van der Waals surface area (Å²) in [6, 6.07) is 84.0. The average molecular weight is 1600 g/mol. The monoisotopic (exact) mass is 1600 g/mol. The fourth-order valence-corrected chi connectivity index (χ4v) is 17.7. The lowest BCUT2D eigenvalue weighted by molar-refractivity contribution is 0.569. The molecule has 122 heavy (non-hydrogen) atoms. The van der Waals surface area contributed by atoms with Crippen molar-refractivity contribution in [3.8, 4) is 95.5 Å². The first kappa shape index (κ1) is 69.2. The van der Waals surface area contributed by atoms with Crippen LogP contribution in [0.5, 0.6) is 0 Å². The van der Waals surface area contributed by atoms with Gasteiger partial charge in [-0.05, 0) is 211 Å². The molecule has 0 unspecified atom stereocenters. The van der Waals surface area contributed by atoms with Gasteiger partial charge in [-0.3, -0.25) is 0 Å². The molecule has 0 saturated heterocycles. The van der Waals surface area contributed by atoms with Gasteiger partial charge in [-0.25, -0.2) is 15.0 Å². The second-order valence-electron chi connectivity index (χ2n) is 40.7. The van der Waals surface area contributed by atoms with E-state index in [-0.39, 0.29) is 61.1 Å². The molecule has 7 heteroatoms. The van der Waals surface area contributed by atoms with E-state index >= 15 is 0 Å². The summed E-state index contributed by atoms with van der Waals surface area (Å²) in [5.74, 6) is -0.828. The van der Waals surface area contributed by atoms with E-state index in [1.165, 1.54) is 33.0 Å². The molecular weight excluding hydrogens is 1480 g/mol. The highest BCUT2D eigenvalue weighted by molar-refractivity contribution is 7.00. The van der Waals surface area contributed by atoms with Crippen molar-refractivity contribution in [3.05, 3.63) is 342 Å². The number of aromatic nitrogens is 4. The van der Waals surface area contributed by atoms with Gasteiger partial charge in [-0.15, -0.1) is 0 Å². The van der Waals surface area contributed by atoms with Crippen LogP contribution in [0.4, 0.5) is 34.1 Å². The van der Waals surface area contributed by atoms with Crippen LogP contribution in [0, 0.1) is 0 Å². The van der Waals surface area contributed by atoms with Crippen LogP contribution in [0.1, 0.15) is 198 Å². The number of benzene rings is 14. The molecule has 0 radical (unpaired) electrons. The highest BCUT2D eigenvalue weighted by atomic mass is 15.2. The average Bonchev–Trinajstić information content (AvgIpc) is 0.698. The van der Waals surface area contributed by atoms with Gasteiger partial charge in [0.25, 0.3) is 6.71 Å². The van der Waals surface area contributed by atoms with Gasteiger partial charge in [0.15, 0.2) is 17.5 Å². The van der Waals surface area contributed by atoms with Crippen molar-refractivity contribution in [2.24, 2.45) is 0 Å². The second kappa shape index (κ2) is 29.7. The number of nitrogens with zero attached hydrogens (tertiary/aromatic N) is 6. The first-order chi connectivity index (χ1) is 62.0. The van der Waals surface area contributed by atoms with Crippen molar-refractivity contribution in [1.29, 1.82) is 0 Å². The third-order valence-electron chi connectivity index (χ3n) is 24.8. The maximum Gasteiger partial charge on any atom is 0.252 e. The molecule has 2 aromatic heterocycles. The molecule has 18 rings (SSSR count). The van der Waals surface area contributed by atoms with Gasteiger partial charge in [0.05, 0.1) is 36.1 Å². The molecule has 2 aliphatic rings. The predicted molar refractivity (Wildman–Crippen MR) is 523 cm³/mol. The van der Waals surface area contributed by atoms with Gasteiger partial charge in [-0.2, -0.15) is 0 Å². The van der Waals surface area contributed by atoms with Crippen molar-refractivity contribution in [1.82, 2.24) is 19.5 Å². The maximum atomic E-state index is 9.73. The minimum absolute atomic E-state index is 0.0740. The standard InChI is InChI=1S/C115H113BN6/c1-109(2,3)81-49-37-48-77(58-81)80-62-101-103-102(63-80)122(104-89(72-38-27-22-28-39-72)67-86(114(16,17)18)68-90(104)73-40-29-23-30-41-73)100-71-88(120-97-56-51-82(110(4,5)6)65-92(97)93-66-83(111(7,8)9)52-57-98(93)120)53-55-96(100)116(103)95-54-50-78(79-59-84(112(10,11)12)64-85(60-79)113(13,14)15)61-99(95)121(101)105-91(74-42-31-24-32-43-74)69-87(115(19,20)21)70-94(105)108-118-106(75-44-33-25-34-45-75)117-107(119-108)76-46-35-26-36-47-76/h22-71H,1-21H3/i25D,26D,33D,34D,35D,36D,44D,45D,46D,47D. The Morgan fingerprint density at radius 2 is 0.598 bits per heavy atom. The molecule has 6 nitrogen and oxygen atoms in total. The third kappa shape index (κ3) is 14.8. The number of fused-ring (bicyclic) bond motifs is 7. The van der Waals surface area contributed by atoms with Gasteiger partial charge in [0.1, 0.15) is 0 Å². The number of anilines is 6. The Labute approximate surface area is 738 Å². The van der Waals surface area contributed by atoms with Crippen LogP contribution in [0.25, 0.3) is 117 Å². The Kier molecular flexibility index (Phi) is 16.9. The Hall–Kier alpha value is -12.4. The van der Waals surface area contributed by atoms with Crippen molar-refractivity contribution in [2.45, 2.75) is 183 Å². The summed E-state index contributed by atoms with van der Waals surface area (Å²) in [5, 5.41) is 2.34. The van der Waals surface area contributed by atoms with E-state index in [9.17, 15) is 11.0 Å². The lowest BCUT2D eigenvalue weighted by atomic mass is 9.33. The zero-order valence-corrected chi connectivity index (χ0v) is 74.4. The molecule has 16 aromatic rings. The molecule has 0 amide bonds. The fraction of sp³-hybridized carbons (Fsp3) is 0.243. The fourth-order valence-electron chi connectivity index (χ4n) is 17.7. The highest BCUT2D eigenvalue weighted by Crippen LogP contribution is 2.57. The molecule has 4 heterocycles. The van der Waals surface area contributed by atoms with Crippen LogP contribution >= 0.6 is 0 Å². The molecule has 606 valence electrons. The topological polar surface area (TPSA) is 50.1 Å². The van der Waals surface area contributed by atoms with Crippen LogP contribution < -0.4 is 26.2 Å². The molecule has 0 atom stereocenters. The first-order valence-corrected chi connectivity index (χ1v) is 42.9. The number of hydrogen-bond acceptors (Lipinski definition) is 5. The van der Waals surface area contributed by atoms with E-state index in [0.29, 0.717) is 11.3 Å². The van der Waals surface area contributed by atoms with Gasteiger partial charge in [0.2, 0.25) is 0 Å². The molecule has 0 saturated carbocycles. The van der Waals surface area contributed by atoms with Crippen molar-refractivity contribution >= 4 is 79.0 Å². The van der Waals surface area contributed by atoms with Crippen molar-refractivity contribution < 1.29 is 13.7 Å². The van der Waals surface area contributed by atoms with Crippen molar-refractivity contribution in [3.63, 3.8) is 0 Å². The van der Waals surface area contributed by atoms with E-state index < -0.39 is 72.6 Å². The summed E-state index contributed by atoms with van der Waals surface area (Å²) in [5.41, 5.74) is 26.0. The Bertz CT molecular complexity index is 7130. The van der Waals surface area contributed by atoms with Gasteiger partial charge in [-0.1, -0.05) is 370 Å². The van der Waals surface area contributed by atoms with E-state index in [0.717, 1.165) is 134 Å². The largest absolute Gasteiger partial charge is 0.310 e. The van der Waals surface area contributed by atoms with Crippen molar-refractivity contribution in [2.75, 3.05) is 9.80 Å². The van der Waals surface area contributed by atoms with E-state index in [4.69, 9.17) is 17.7 Å². The normalized spacial score (nSPS) is 14.4. The van der Waals surface area contributed by atoms with Crippen LogP contribution in [0.15, 0.2) is 303 Å². The quantitative estimate of drug-likeness (QED) is 0.121. The molecule has 0 aliphatic carbocycles. The van der Waals surface area contributed by atoms with Crippen LogP contribution in [0.3, 0.4) is 0 Å². The molecule has 2 aliphatic heterocycles. The summed E-state index contributed by atoms with van der Waals surface area (Å²) < 4.78 is 96.1. The highest BCUT2D eigenvalue weighted by Gasteiger charge is 2.47. The second-order valence-corrected chi connectivity index (χ2v) is 40.7. The SMILES string of the molecule is [2H]c1c([2H])c([2H])c(-c2nc(-c3cc(C(C)(C)C)cc(-c4ccccc4)c3N3c4cc(-c5cc(C(C)(C)C)cc(C(C)(C)C)c5)ccc4B4c5ccc(-n6c7ccc(C(C)(C)C)cc7c7cc(C(C)(C)C)ccc76)cc5N(c5c(-c6ccccc6)cc(C(C)(C)C)cc5-c5ccccc5)c5cc(-c6cccc(C(C)(C)C)c6)cc3c54)nc(-c3c([2H])c([2H])c([2H])c([2H])c3[2H])n2)c([2H])c1[2H]. The third-order valence-corrected chi connectivity index (χ3v) is 24.8. The smallest absolute Gasteiger partial charge is 0.252 e. The van der Waals surface area contributed by atoms with E-state index in [1.54, 1.807) is 0 Å². The zero-order chi connectivity index (χ0) is 94.4. The lowest BCUT2D eigenvalue weighted by Gasteiger charge is -2.46. The van der Waals surface area contributed by atoms with Gasteiger partial charge < -0.3 is 14.4 Å². The number of hydrogen-bond donors (Lipinski definition) is 0. The summed E-state index contributed by atoms with van der Waals surface area (Å²) in [4.78, 5) is 20.9. The lowest BCUT2D eigenvalue weighted by Crippen LogP contribution is -2.61. The minimum Gasteiger partial charge on any atom is -0.310 e. The Morgan fingerprint density at radius 1 is 0.254 bits per heavy atom. The predicted octanol–water partition coefficient (Wildman–Crippen LogP) is 29.5. The molecule has 14 aromatic carbocycles. The molecule has 0 fully saturated rings. The first-order valence-electron chi connectivity index (χ1n) is 47.9. The van der Waals surface area contributed by atoms with E-state index in [2.05, 4.69) is 384 Å². The Morgan fingerprint density at radius 3 is 1.03 bits per heavy atom. The van der Waals surface area contributed by atoms with Crippen LogP contribution in [-0.4, -0.2) is 26.2 Å².